The van der Waals surface area contributed by atoms with Crippen LogP contribution in [0.5, 0.6) is 5.75 Å². The van der Waals surface area contributed by atoms with Gasteiger partial charge in [0.05, 0.1) is 11.8 Å². The van der Waals surface area contributed by atoms with Gasteiger partial charge in [0, 0.05) is 30.4 Å². The lowest BCUT2D eigenvalue weighted by molar-refractivity contribution is 0.0953. The van der Waals surface area contributed by atoms with E-state index in [9.17, 15) is 9.90 Å². The average Bonchev–Trinajstić information content (AvgIpc) is 2.89. The number of nitrogens with one attached hydrogen (secondary N) is 1. The van der Waals surface area contributed by atoms with Gasteiger partial charge in [-0.15, -0.1) is 0 Å². The maximum Gasteiger partial charge on any atom is 0.274 e. The maximum absolute atomic E-state index is 12.0. The topological polar surface area (TPSA) is 78.1 Å². The van der Waals surface area contributed by atoms with Crippen LogP contribution in [0.1, 0.15) is 41.3 Å². The zero-order valence-electron chi connectivity index (χ0n) is 14.5. The standard InChI is InChI=1S/C18H23N3O3/c1-5-21(6-2)15-8-7-14(17(22)10-15)11-19-20-18(23)16-9-12(3)24-13(16)4/h7-11,22H,5-6H2,1-4H3,(H,20,23)/b19-11+. The van der Waals surface area contributed by atoms with Crippen LogP contribution >= 0.6 is 0 Å². The van der Waals surface area contributed by atoms with E-state index in [-0.39, 0.29) is 11.7 Å². The van der Waals surface area contributed by atoms with Crippen LogP contribution in [-0.4, -0.2) is 30.3 Å². The number of benzene rings is 1. The Morgan fingerprint density at radius 1 is 1.29 bits per heavy atom. The van der Waals surface area contributed by atoms with Crippen molar-refractivity contribution in [3.05, 3.63) is 46.9 Å². The third kappa shape index (κ3) is 3.95. The number of hydrogen-bond acceptors (Lipinski definition) is 5. The number of carbonyl (C=O) groups is 1. The summed E-state index contributed by atoms with van der Waals surface area (Å²) >= 11 is 0. The van der Waals surface area contributed by atoms with Crippen molar-refractivity contribution in [1.29, 1.82) is 0 Å². The molecule has 1 heterocycles. The molecule has 128 valence electrons. The van der Waals surface area contributed by atoms with E-state index in [4.69, 9.17) is 4.42 Å². The number of aromatic hydroxyl groups is 1. The van der Waals surface area contributed by atoms with E-state index >= 15 is 0 Å². The summed E-state index contributed by atoms with van der Waals surface area (Å²) in [6.07, 6.45) is 1.42. The molecule has 0 spiro atoms. The number of carbonyl (C=O) groups excluding carboxylic acids is 1. The first-order chi connectivity index (χ1) is 11.5. The van der Waals surface area contributed by atoms with Crippen LogP contribution in [0, 0.1) is 13.8 Å². The van der Waals surface area contributed by atoms with Crippen molar-refractivity contribution < 1.29 is 14.3 Å². The van der Waals surface area contributed by atoms with Crippen molar-refractivity contribution in [2.45, 2.75) is 27.7 Å². The number of phenolic OH excluding ortho intramolecular Hbond substituents is 1. The minimum absolute atomic E-state index is 0.118. The molecule has 2 N–H and O–H groups in total. The van der Waals surface area contributed by atoms with E-state index in [0.29, 0.717) is 22.6 Å². The molecule has 2 aromatic rings. The quantitative estimate of drug-likeness (QED) is 0.630. The highest BCUT2D eigenvalue weighted by Gasteiger charge is 2.12. The summed E-state index contributed by atoms with van der Waals surface area (Å²) in [6.45, 7) is 9.35. The molecular formula is C18H23N3O3. The fourth-order valence-corrected chi connectivity index (χ4v) is 2.50. The van der Waals surface area contributed by atoms with Gasteiger partial charge >= 0.3 is 0 Å². The van der Waals surface area contributed by atoms with Gasteiger partial charge in [0.15, 0.2) is 0 Å². The molecule has 0 saturated heterocycles. The van der Waals surface area contributed by atoms with Crippen LogP contribution in [-0.2, 0) is 0 Å². The molecule has 0 radical (unpaired) electrons. The van der Waals surface area contributed by atoms with Gasteiger partial charge in [0.1, 0.15) is 17.3 Å². The lowest BCUT2D eigenvalue weighted by Crippen LogP contribution is -2.21. The van der Waals surface area contributed by atoms with E-state index in [1.807, 2.05) is 6.07 Å². The highest BCUT2D eigenvalue weighted by molar-refractivity contribution is 5.96. The molecule has 0 aliphatic rings. The predicted molar refractivity (Wildman–Crippen MR) is 94.9 cm³/mol. The SMILES string of the molecule is CCN(CC)c1ccc(/C=N/NC(=O)c2cc(C)oc2C)c(O)c1. The zero-order chi connectivity index (χ0) is 17.7. The van der Waals surface area contributed by atoms with Gasteiger partial charge < -0.3 is 14.4 Å². The van der Waals surface area contributed by atoms with Crippen LogP contribution in [0.25, 0.3) is 0 Å². The zero-order valence-corrected chi connectivity index (χ0v) is 14.5. The number of aryl methyl sites for hydroxylation is 2. The van der Waals surface area contributed by atoms with E-state index in [1.54, 1.807) is 32.0 Å². The van der Waals surface area contributed by atoms with Crippen LogP contribution in [0.2, 0.25) is 0 Å². The summed E-state index contributed by atoms with van der Waals surface area (Å²) in [4.78, 5) is 14.2. The Kier molecular flexibility index (Phi) is 5.63. The second kappa shape index (κ2) is 7.68. The summed E-state index contributed by atoms with van der Waals surface area (Å²) in [6, 6.07) is 7.04. The molecule has 0 bridgehead atoms. The van der Waals surface area contributed by atoms with Gasteiger partial charge in [0.2, 0.25) is 0 Å². The number of hydrazone groups is 1. The normalized spacial score (nSPS) is 11.0. The van der Waals surface area contributed by atoms with Crippen molar-refractivity contribution in [2.24, 2.45) is 5.10 Å². The first kappa shape index (κ1) is 17.6. The Bertz CT molecular complexity index is 746. The average molecular weight is 329 g/mol. The van der Waals surface area contributed by atoms with Crippen molar-refractivity contribution >= 4 is 17.8 Å². The highest BCUT2D eigenvalue weighted by atomic mass is 16.3. The molecule has 0 saturated carbocycles. The van der Waals surface area contributed by atoms with Crippen LogP contribution in [0.3, 0.4) is 0 Å². The fourth-order valence-electron chi connectivity index (χ4n) is 2.50. The van der Waals surface area contributed by atoms with Crippen LogP contribution in [0.15, 0.2) is 33.8 Å². The number of anilines is 1. The van der Waals surface area contributed by atoms with Crippen molar-refractivity contribution in [2.75, 3.05) is 18.0 Å². The van der Waals surface area contributed by atoms with Gasteiger partial charge in [0.25, 0.3) is 5.91 Å². The summed E-state index contributed by atoms with van der Waals surface area (Å²) in [7, 11) is 0. The molecule has 0 unspecified atom stereocenters. The smallest absolute Gasteiger partial charge is 0.274 e. The molecule has 0 fully saturated rings. The molecule has 0 aliphatic carbocycles. The molecule has 1 aromatic carbocycles. The van der Waals surface area contributed by atoms with E-state index < -0.39 is 0 Å². The Morgan fingerprint density at radius 2 is 2.00 bits per heavy atom. The van der Waals surface area contributed by atoms with E-state index in [0.717, 1.165) is 18.8 Å². The third-order valence-electron chi connectivity index (χ3n) is 3.80. The number of hydrogen-bond donors (Lipinski definition) is 2. The molecule has 2 rings (SSSR count). The second-order valence-corrected chi connectivity index (χ2v) is 5.44. The Labute approximate surface area is 141 Å². The Hall–Kier alpha value is -2.76. The van der Waals surface area contributed by atoms with Crippen molar-refractivity contribution in [1.82, 2.24) is 5.43 Å². The van der Waals surface area contributed by atoms with Gasteiger partial charge in [-0.1, -0.05) is 0 Å². The third-order valence-corrected chi connectivity index (χ3v) is 3.80. The monoisotopic (exact) mass is 329 g/mol. The van der Waals surface area contributed by atoms with Gasteiger partial charge in [-0.05, 0) is 45.9 Å². The molecular weight excluding hydrogens is 306 g/mol. The van der Waals surface area contributed by atoms with Crippen molar-refractivity contribution in [3.63, 3.8) is 0 Å². The molecule has 1 amide bonds. The van der Waals surface area contributed by atoms with Crippen LogP contribution in [0.4, 0.5) is 5.69 Å². The summed E-state index contributed by atoms with van der Waals surface area (Å²) in [5.41, 5.74) is 4.37. The molecule has 0 atom stereocenters. The minimum atomic E-state index is -0.347. The van der Waals surface area contributed by atoms with Gasteiger partial charge in [-0.2, -0.15) is 5.10 Å². The largest absolute Gasteiger partial charge is 0.507 e. The summed E-state index contributed by atoms with van der Waals surface area (Å²) in [5, 5.41) is 14.0. The number of amides is 1. The Balaban J connectivity index is 2.06. The molecule has 0 aliphatic heterocycles. The molecule has 6 heteroatoms. The summed E-state index contributed by atoms with van der Waals surface area (Å²) < 4.78 is 5.32. The molecule has 1 aromatic heterocycles. The first-order valence-electron chi connectivity index (χ1n) is 7.94. The lowest BCUT2D eigenvalue weighted by atomic mass is 10.2. The number of phenols is 1. The number of rotatable bonds is 6. The summed E-state index contributed by atoms with van der Waals surface area (Å²) in [5.74, 6) is 0.991. The van der Waals surface area contributed by atoms with Crippen LogP contribution < -0.4 is 10.3 Å². The van der Waals surface area contributed by atoms with E-state index in [1.165, 1.54) is 6.21 Å². The first-order valence-corrected chi connectivity index (χ1v) is 7.94. The fraction of sp³-hybridized carbons (Fsp3) is 0.333. The Morgan fingerprint density at radius 3 is 2.54 bits per heavy atom. The lowest BCUT2D eigenvalue weighted by Gasteiger charge is -2.21. The van der Waals surface area contributed by atoms with Gasteiger partial charge in [-0.25, -0.2) is 5.43 Å². The van der Waals surface area contributed by atoms with Crippen molar-refractivity contribution in [3.8, 4) is 5.75 Å². The number of furan rings is 1. The highest BCUT2D eigenvalue weighted by Crippen LogP contribution is 2.23. The van der Waals surface area contributed by atoms with Gasteiger partial charge in [-0.3, -0.25) is 4.79 Å². The molecule has 6 nitrogen and oxygen atoms in total. The minimum Gasteiger partial charge on any atom is -0.507 e. The maximum atomic E-state index is 12.0. The predicted octanol–water partition coefficient (Wildman–Crippen LogP) is 3.21. The van der Waals surface area contributed by atoms with E-state index in [2.05, 4.69) is 29.3 Å². The molecule has 24 heavy (non-hydrogen) atoms. The second-order valence-electron chi connectivity index (χ2n) is 5.44. The number of nitrogens with zero attached hydrogens (tertiary/aromatic N) is 2.